The molecule has 4 nitrogen and oxygen atoms in total. The molecule has 1 aromatic carbocycles. The SMILES string of the molecule is COC(=O)c1ccc2[nH]cnc2c1CBr. The Bertz CT molecular complexity index is 507. The van der Waals surface area contributed by atoms with Gasteiger partial charge >= 0.3 is 5.97 Å². The zero-order valence-electron chi connectivity index (χ0n) is 8.08. The molecule has 1 N–H and O–H groups in total. The molecule has 78 valence electrons. The highest BCUT2D eigenvalue weighted by molar-refractivity contribution is 9.08. The number of imidazole rings is 1. The first kappa shape index (κ1) is 10.2. The summed E-state index contributed by atoms with van der Waals surface area (Å²) in [4.78, 5) is 18.6. The summed E-state index contributed by atoms with van der Waals surface area (Å²) in [5.74, 6) is -0.339. The number of aromatic amines is 1. The van der Waals surface area contributed by atoms with Crippen molar-refractivity contribution >= 4 is 32.9 Å². The van der Waals surface area contributed by atoms with Crippen molar-refractivity contribution in [1.29, 1.82) is 0 Å². The number of fused-ring (bicyclic) bond motifs is 1. The van der Waals surface area contributed by atoms with E-state index in [0.717, 1.165) is 16.6 Å². The van der Waals surface area contributed by atoms with E-state index >= 15 is 0 Å². The lowest BCUT2D eigenvalue weighted by molar-refractivity contribution is 0.0600. The van der Waals surface area contributed by atoms with Gasteiger partial charge in [0.15, 0.2) is 0 Å². The number of nitrogens with one attached hydrogen (secondary N) is 1. The number of carbonyl (C=O) groups is 1. The van der Waals surface area contributed by atoms with Crippen molar-refractivity contribution in [2.45, 2.75) is 5.33 Å². The Morgan fingerprint density at radius 3 is 3.07 bits per heavy atom. The van der Waals surface area contributed by atoms with Gasteiger partial charge in [-0.3, -0.25) is 0 Å². The van der Waals surface area contributed by atoms with Crippen LogP contribution in [0.2, 0.25) is 0 Å². The zero-order chi connectivity index (χ0) is 10.8. The molecule has 0 bridgehead atoms. The molecule has 0 spiro atoms. The molecule has 0 aliphatic rings. The number of hydrogen-bond donors (Lipinski definition) is 1. The van der Waals surface area contributed by atoms with Crippen LogP contribution in [0.4, 0.5) is 0 Å². The second-order valence-electron chi connectivity index (χ2n) is 3.02. The fourth-order valence-electron chi connectivity index (χ4n) is 1.50. The molecule has 5 heteroatoms. The Morgan fingerprint density at radius 2 is 2.40 bits per heavy atom. The molecule has 0 aliphatic carbocycles. The third kappa shape index (κ3) is 1.63. The van der Waals surface area contributed by atoms with Gasteiger partial charge in [0, 0.05) is 10.9 Å². The van der Waals surface area contributed by atoms with Crippen molar-refractivity contribution in [1.82, 2.24) is 9.97 Å². The predicted octanol–water partition coefficient (Wildman–Crippen LogP) is 2.24. The van der Waals surface area contributed by atoms with E-state index in [2.05, 4.69) is 25.9 Å². The third-order valence-corrected chi connectivity index (χ3v) is 2.80. The van der Waals surface area contributed by atoms with Gasteiger partial charge in [0.2, 0.25) is 0 Å². The number of ether oxygens (including phenoxy) is 1. The number of H-pyrrole nitrogens is 1. The topological polar surface area (TPSA) is 55.0 Å². The lowest BCUT2D eigenvalue weighted by Crippen LogP contribution is -2.05. The standard InChI is InChI=1S/C10H9BrN2O2/c1-15-10(14)6-2-3-8-9(7(6)4-11)13-5-12-8/h2-3,5H,4H2,1H3,(H,12,13). The van der Waals surface area contributed by atoms with Gasteiger partial charge in [-0.05, 0) is 12.1 Å². The molecule has 0 saturated heterocycles. The maximum Gasteiger partial charge on any atom is 0.338 e. The van der Waals surface area contributed by atoms with Crippen LogP contribution in [0.25, 0.3) is 11.0 Å². The Kier molecular flexibility index (Phi) is 2.73. The van der Waals surface area contributed by atoms with Crippen molar-refractivity contribution in [2.24, 2.45) is 0 Å². The maximum atomic E-state index is 11.5. The van der Waals surface area contributed by atoms with Crippen molar-refractivity contribution in [3.63, 3.8) is 0 Å². The van der Waals surface area contributed by atoms with E-state index in [9.17, 15) is 4.79 Å². The van der Waals surface area contributed by atoms with Crippen LogP contribution in [-0.4, -0.2) is 23.0 Å². The maximum absolute atomic E-state index is 11.5. The van der Waals surface area contributed by atoms with E-state index in [4.69, 9.17) is 4.74 Å². The molecular weight excluding hydrogens is 260 g/mol. The summed E-state index contributed by atoms with van der Waals surface area (Å²) in [6.45, 7) is 0. The second kappa shape index (κ2) is 4.02. The quantitative estimate of drug-likeness (QED) is 0.672. The number of benzene rings is 1. The van der Waals surface area contributed by atoms with Gasteiger partial charge in [-0.25, -0.2) is 9.78 Å². The highest BCUT2D eigenvalue weighted by Gasteiger charge is 2.14. The van der Waals surface area contributed by atoms with Gasteiger partial charge in [-0.15, -0.1) is 0 Å². The van der Waals surface area contributed by atoms with E-state index in [0.29, 0.717) is 10.9 Å². The molecular formula is C10H9BrN2O2. The fourth-order valence-corrected chi connectivity index (χ4v) is 2.07. The number of methoxy groups -OCH3 is 1. The predicted molar refractivity (Wildman–Crippen MR) is 60.1 cm³/mol. The number of hydrogen-bond acceptors (Lipinski definition) is 3. The highest BCUT2D eigenvalue weighted by Crippen LogP contribution is 2.22. The van der Waals surface area contributed by atoms with Crippen LogP contribution < -0.4 is 0 Å². The lowest BCUT2D eigenvalue weighted by Gasteiger charge is -2.05. The summed E-state index contributed by atoms with van der Waals surface area (Å²) in [7, 11) is 1.37. The summed E-state index contributed by atoms with van der Waals surface area (Å²) in [6, 6.07) is 3.56. The van der Waals surface area contributed by atoms with Crippen molar-refractivity contribution in [2.75, 3.05) is 7.11 Å². The summed E-state index contributed by atoms with van der Waals surface area (Å²) < 4.78 is 4.71. The first-order valence-electron chi connectivity index (χ1n) is 4.37. The van der Waals surface area contributed by atoms with E-state index < -0.39 is 0 Å². The fraction of sp³-hybridized carbons (Fsp3) is 0.200. The molecule has 0 radical (unpaired) electrons. The summed E-state index contributed by atoms with van der Waals surface area (Å²) >= 11 is 3.35. The van der Waals surface area contributed by atoms with Crippen LogP contribution in [-0.2, 0) is 10.1 Å². The molecule has 2 rings (SSSR count). The van der Waals surface area contributed by atoms with Gasteiger partial charge in [0.05, 0.1) is 30.0 Å². The number of aromatic nitrogens is 2. The summed E-state index contributed by atoms with van der Waals surface area (Å²) in [6.07, 6.45) is 1.61. The van der Waals surface area contributed by atoms with Crippen LogP contribution in [0.3, 0.4) is 0 Å². The van der Waals surface area contributed by atoms with Gasteiger partial charge in [-0.1, -0.05) is 15.9 Å². The van der Waals surface area contributed by atoms with Crippen LogP contribution in [0.15, 0.2) is 18.5 Å². The van der Waals surface area contributed by atoms with Crippen molar-refractivity contribution < 1.29 is 9.53 Å². The smallest absolute Gasteiger partial charge is 0.338 e. The number of esters is 1. The molecule has 2 aromatic rings. The number of nitrogens with zero attached hydrogens (tertiary/aromatic N) is 1. The zero-order valence-corrected chi connectivity index (χ0v) is 9.67. The summed E-state index contributed by atoms with van der Waals surface area (Å²) in [5, 5.41) is 0.569. The van der Waals surface area contributed by atoms with Gasteiger partial charge in [0.1, 0.15) is 0 Å². The van der Waals surface area contributed by atoms with E-state index in [1.54, 1.807) is 12.4 Å². The number of alkyl halides is 1. The third-order valence-electron chi connectivity index (χ3n) is 2.24. The second-order valence-corrected chi connectivity index (χ2v) is 3.58. The first-order valence-corrected chi connectivity index (χ1v) is 5.49. The van der Waals surface area contributed by atoms with E-state index in [-0.39, 0.29) is 5.97 Å². The van der Waals surface area contributed by atoms with Crippen LogP contribution in [0.5, 0.6) is 0 Å². The van der Waals surface area contributed by atoms with Gasteiger partial charge in [-0.2, -0.15) is 0 Å². The molecule has 15 heavy (non-hydrogen) atoms. The normalized spacial score (nSPS) is 10.5. The Hall–Kier alpha value is -1.36. The van der Waals surface area contributed by atoms with E-state index in [1.807, 2.05) is 6.07 Å². The number of rotatable bonds is 2. The Morgan fingerprint density at radius 1 is 1.60 bits per heavy atom. The average Bonchev–Trinajstić information content (AvgIpc) is 2.74. The molecule has 1 aromatic heterocycles. The number of carbonyl (C=O) groups excluding carboxylic acids is 1. The highest BCUT2D eigenvalue weighted by atomic mass is 79.9. The minimum absolute atomic E-state index is 0.339. The first-order chi connectivity index (χ1) is 7.27. The largest absolute Gasteiger partial charge is 0.465 e. The van der Waals surface area contributed by atoms with Crippen molar-refractivity contribution in [3.8, 4) is 0 Å². The molecule has 0 saturated carbocycles. The van der Waals surface area contributed by atoms with Crippen LogP contribution >= 0.6 is 15.9 Å². The Labute approximate surface area is 94.8 Å². The lowest BCUT2D eigenvalue weighted by atomic mass is 10.1. The van der Waals surface area contributed by atoms with Gasteiger partial charge < -0.3 is 9.72 Å². The Balaban J connectivity index is 2.69. The minimum Gasteiger partial charge on any atom is -0.465 e. The van der Waals surface area contributed by atoms with Crippen LogP contribution in [0, 0.1) is 0 Å². The van der Waals surface area contributed by atoms with Gasteiger partial charge in [0.25, 0.3) is 0 Å². The average molecular weight is 269 g/mol. The number of halogens is 1. The monoisotopic (exact) mass is 268 g/mol. The van der Waals surface area contributed by atoms with E-state index in [1.165, 1.54) is 7.11 Å². The molecule has 0 amide bonds. The molecule has 0 atom stereocenters. The summed E-state index contributed by atoms with van der Waals surface area (Å²) in [5.41, 5.74) is 3.11. The minimum atomic E-state index is -0.339. The molecule has 0 aliphatic heterocycles. The molecule has 0 unspecified atom stereocenters. The van der Waals surface area contributed by atoms with Crippen LogP contribution in [0.1, 0.15) is 15.9 Å². The molecule has 1 heterocycles. The van der Waals surface area contributed by atoms with Crippen molar-refractivity contribution in [3.05, 3.63) is 29.6 Å². The molecule has 0 fully saturated rings.